The molecule has 0 amide bonds. The fraction of sp³-hybridized carbons (Fsp3) is 0.583. The van der Waals surface area contributed by atoms with Gasteiger partial charge in [0, 0.05) is 18.3 Å². The Morgan fingerprint density at radius 1 is 1.37 bits per heavy atom. The van der Waals surface area contributed by atoms with Crippen LogP contribution in [-0.4, -0.2) is 44.5 Å². The zero-order chi connectivity index (χ0) is 13.7. The summed E-state index contributed by atoms with van der Waals surface area (Å²) in [6.07, 6.45) is 4.78. The van der Waals surface area contributed by atoms with Crippen molar-refractivity contribution in [2.45, 2.75) is 25.5 Å². The number of imidazole rings is 1. The van der Waals surface area contributed by atoms with Crippen LogP contribution in [-0.2, 0) is 0 Å². The Morgan fingerprint density at radius 3 is 2.95 bits per heavy atom. The molecule has 0 aliphatic heterocycles. The van der Waals surface area contributed by atoms with E-state index in [9.17, 15) is 0 Å². The van der Waals surface area contributed by atoms with Gasteiger partial charge in [-0.05, 0) is 12.7 Å². The maximum absolute atomic E-state index is 4.50. The minimum atomic E-state index is 0.528. The molecule has 1 atom stereocenters. The van der Waals surface area contributed by atoms with Crippen molar-refractivity contribution in [1.82, 2.24) is 19.9 Å². The Kier molecular flexibility index (Phi) is 4.84. The van der Waals surface area contributed by atoms with Crippen molar-refractivity contribution in [3.8, 4) is 0 Å². The Labute approximate surface area is 117 Å². The summed E-state index contributed by atoms with van der Waals surface area (Å²) in [6.45, 7) is 6.01. The summed E-state index contributed by atoms with van der Waals surface area (Å²) >= 11 is 1.82. The van der Waals surface area contributed by atoms with Gasteiger partial charge in [-0.1, -0.05) is 13.8 Å². The number of hydrogen-bond donors (Lipinski definition) is 3. The summed E-state index contributed by atoms with van der Waals surface area (Å²) in [4.78, 5) is 16.2. The fourth-order valence-electron chi connectivity index (χ4n) is 1.60. The molecule has 6 nitrogen and oxygen atoms in total. The van der Waals surface area contributed by atoms with Gasteiger partial charge < -0.3 is 15.6 Å². The minimum Gasteiger partial charge on any atom is -0.367 e. The number of aromatic amines is 1. The Morgan fingerprint density at radius 2 is 2.21 bits per heavy atom. The summed E-state index contributed by atoms with van der Waals surface area (Å²) in [5.74, 6) is 1.43. The van der Waals surface area contributed by atoms with Crippen LogP contribution in [0.15, 0.2) is 6.33 Å². The lowest BCUT2D eigenvalue weighted by Crippen LogP contribution is -2.15. The van der Waals surface area contributed by atoms with Crippen LogP contribution < -0.4 is 10.6 Å². The van der Waals surface area contributed by atoms with Crippen molar-refractivity contribution >= 4 is 34.7 Å². The number of anilines is 2. The van der Waals surface area contributed by atoms with Gasteiger partial charge in [-0.2, -0.15) is 21.7 Å². The molecule has 19 heavy (non-hydrogen) atoms. The van der Waals surface area contributed by atoms with Crippen LogP contribution in [0, 0.1) is 0 Å². The second kappa shape index (κ2) is 6.60. The van der Waals surface area contributed by atoms with Crippen molar-refractivity contribution in [2.24, 2.45) is 0 Å². The van der Waals surface area contributed by atoms with Crippen molar-refractivity contribution in [3.05, 3.63) is 6.33 Å². The van der Waals surface area contributed by atoms with E-state index in [0.717, 1.165) is 30.8 Å². The summed E-state index contributed by atoms with van der Waals surface area (Å²) in [7, 11) is 0. The van der Waals surface area contributed by atoms with E-state index >= 15 is 0 Å². The van der Waals surface area contributed by atoms with Gasteiger partial charge >= 0.3 is 0 Å². The molecule has 0 spiro atoms. The molecule has 104 valence electrons. The van der Waals surface area contributed by atoms with Gasteiger partial charge in [0.25, 0.3) is 0 Å². The number of thioether (sulfide) groups is 1. The molecule has 3 N–H and O–H groups in total. The quantitative estimate of drug-likeness (QED) is 0.722. The second-order valence-corrected chi connectivity index (χ2v) is 5.63. The molecule has 0 aromatic carbocycles. The molecule has 2 rings (SSSR count). The first-order valence-corrected chi connectivity index (χ1v) is 7.75. The zero-order valence-corrected chi connectivity index (χ0v) is 12.3. The molecule has 2 aromatic rings. The highest BCUT2D eigenvalue weighted by atomic mass is 32.2. The molecule has 1 unspecified atom stereocenters. The summed E-state index contributed by atoms with van der Waals surface area (Å²) in [5.41, 5.74) is 1.54. The van der Waals surface area contributed by atoms with E-state index in [1.54, 1.807) is 6.33 Å². The van der Waals surface area contributed by atoms with Crippen LogP contribution in [0.2, 0.25) is 0 Å². The molecular formula is C12H20N6S. The van der Waals surface area contributed by atoms with E-state index in [2.05, 4.69) is 50.7 Å². The Bertz CT molecular complexity index is 526. The average molecular weight is 280 g/mol. The molecule has 0 aliphatic rings. The third kappa shape index (κ3) is 3.50. The number of aromatic nitrogens is 4. The average Bonchev–Trinajstić information content (AvgIpc) is 2.90. The van der Waals surface area contributed by atoms with Crippen LogP contribution in [0.3, 0.4) is 0 Å². The smallest absolute Gasteiger partial charge is 0.226 e. The molecule has 0 radical (unpaired) electrons. The van der Waals surface area contributed by atoms with E-state index < -0.39 is 0 Å². The Balaban J connectivity index is 2.21. The summed E-state index contributed by atoms with van der Waals surface area (Å²) in [5, 5.41) is 7.08. The van der Waals surface area contributed by atoms with Crippen LogP contribution in [0.25, 0.3) is 11.2 Å². The predicted octanol–water partition coefficient (Wildman–Crippen LogP) is 2.34. The highest BCUT2D eigenvalue weighted by molar-refractivity contribution is 7.99. The first kappa shape index (κ1) is 13.9. The largest absolute Gasteiger partial charge is 0.367 e. The predicted molar refractivity (Wildman–Crippen MR) is 81.9 cm³/mol. The molecule has 0 saturated heterocycles. The SMILES string of the molecule is CCCNc1nc(NCC(C)SC)c2[nH]cnc2n1. The molecule has 7 heteroatoms. The van der Waals surface area contributed by atoms with Gasteiger partial charge in [0.15, 0.2) is 11.5 Å². The first-order chi connectivity index (χ1) is 9.24. The van der Waals surface area contributed by atoms with E-state index in [1.165, 1.54) is 0 Å². The molecule has 2 heterocycles. The number of nitrogens with zero attached hydrogens (tertiary/aromatic N) is 3. The van der Waals surface area contributed by atoms with Crippen molar-refractivity contribution in [1.29, 1.82) is 0 Å². The van der Waals surface area contributed by atoms with Crippen molar-refractivity contribution in [2.75, 3.05) is 30.0 Å². The summed E-state index contributed by atoms with van der Waals surface area (Å²) < 4.78 is 0. The molecular weight excluding hydrogens is 260 g/mol. The number of H-pyrrole nitrogens is 1. The highest BCUT2D eigenvalue weighted by Gasteiger charge is 2.10. The standard InChI is InChI=1S/C12H20N6S/c1-4-5-13-12-17-10(14-6-8(2)19-3)9-11(18-12)16-7-15-9/h7-8H,4-6H2,1-3H3,(H3,13,14,15,16,17,18). The fourth-order valence-corrected chi connectivity index (χ4v) is 1.85. The third-order valence-electron chi connectivity index (χ3n) is 2.78. The minimum absolute atomic E-state index is 0.528. The molecule has 0 bridgehead atoms. The van der Waals surface area contributed by atoms with E-state index in [-0.39, 0.29) is 0 Å². The number of fused-ring (bicyclic) bond motifs is 1. The molecule has 0 aliphatic carbocycles. The second-order valence-electron chi connectivity index (χ2n) is 4.35. The topological polar surface area (TPSA) is 78.5 Å². The van der Waals surface area contributed by atoms with Gasteiger partial charge in [0.1, 0.15) is 5.52 Å². The lowest BCUT2D eigenvalue weighted by molar-refractivity contribution is 0.950. The zero-order valence-electron chi connectivity index (χ0n) is 11.5. The van der Waals surface area contributed by atoms with Crippen LogP contribution >= 0.6 is 11.8 Å². The maximum Gasteiger partial charge on any atom is 0.226 e. The van der Waals surface area contributed by atoms with Crippen molar-refractivity contribution < 1.29 is 0 Å². The van der Waals surface area contributed by atoms with Crippen LogP contribution in [0.4, 0.5) is 11.8 Å². The number of hydrogen-bond acceptors (Lipinski definition) is 6. The Hall–Kier alpha value is -1.50. The normalized spacial score (nSPS) is 12.6. The first-order valence-electron chi connectivity index (χ1n) is 6.46. The highest BCUT2D eigenvalue weighted by Crippen LogP contribution is 2.19. The van der Waals surface area contributed by atoms with Crippen LogP contribution in [0.5, 0.6) is 0 Å². The molecule has 2 aromatic heterocycles. The van der Waals surface area contributed by atoms with Crippen LogP contribution in [0.1, 0.15) is 20.3 Å². The van der Waals surface area contributed by atoms with Gasteiger partial charge in [0.05, 0.1) is 6.33 Å². The molecule has 0 saturated carbocycles. The van der Waals surface area contributed by atoms with Crippen molar-refractivity contribution in [3.63, 3.8) is 0 Å². The van der Waals surface area contributed by atoms with E-state index in [1.807, 2.05) is 11.8 Å². The maximum atomic E-state index is 4.50. The lowest BCUT2D eigenvalue weighted by atomic mass is 10.4. The monoisotopic (exact) mass is 280 g/mol. The van der Waals surface area contributed by atoms with Gasteiger partial charge in [0.2, 0.25) is 5.95 Å². The van der Waals surface area contributed by atoms with E-state index in [4.69, 9.17) is 0 Å². The third-order valence-corrected chi connectivity index (χ3v) is 3.75. The lowest BCUT2D eigenvalue weighted by Gasteiger charge is -2.12. The van der Waals surface area contributed by atoms with Gasteiger partial charge in [-0.25, -0.2) is 4.98 Å². The molecule has 0 fully saturated rings. The number of nitrogens with one attached hydrogen (secondary N) is 3. The summed E-state index contributed by atoms with van der Waals surface area (Å²) in [6, 6.07) is 0. The van der Waals surface area contributed by atoms with E-state index in [0.29, 0.717) is 16.8 Å². The van der Waals surface area contributed by atoms with Gasteiger partial charge in [-0.15, -0.1) is 0 Å². The van der Waals surface area contributed by atoms with Gasteiger partial charge in [-0.3, -0.25) is 0 Å². The number of rotatable bonds is 7.